The predicted octanol–water partition coefficient (Wildman–Crippen LogP) is 3.17. The van der Waals surface area contributed by atoms with Crippen molar-refractivity contribution in [2.24, 2.45) is 5.92 Å². The number of rotatable bonds is 7. The van der Waals surface area contributed by atoms with Crippen LogP contribution >= 0.6 is 0 Å². The zero-order valence-corrected chi connectivity index (χ0v) is 11.8. The second-order valence-corrected chi connectivity index (χ2v) is 5.02. The van der Waals surface area contributed by atoms with Crippen molar-refractivity contribution in [2.75, 3.05) is 0 Å². The molecule has 0 fully saturated rings. The number of aliphatic carboxylic acids is 1. The van der Waals surface area contributed by atoms with Gasteiger partial charge < -0.3 is 15.2 Å². The van der Waals surface area contributed by atoms with Crippen LogP contribution < -0.4 is 10.1 Å². The van der Waals surface area contributed by atoms with E-state index in [2.05, 4.69) is 10.1 Å². The third kappa shape index (κ3) is 6.99. The summed E-state index contributed by atoms with van der Waals surface area (Å²) in [5, 5.41) is 11.9. The molecule has 0 radical (unpaired) electrons. The Morgan fingerprint density at radius 3 is 2.29 bits per heavy atom. The number of hydrogen-bond acceptors (Lipinski definition) is 3. The summed E-state index contributed by atoms with van der Waals surface area (Å²) in [6.07, 6.45) is -4.71. The Kier molecular flexibility index (Phi) is 6.02. The number of nitrogens with one attached hydrogen (secondary N) is 1. The van der Waals surface area contributed by atoms with Crippen LogP contribution in [0.5, 0.6) is 5.75 Å². The summed E-state index contributed by atoms with van der Waals surface area (Å²) in [4.78, 5) is 10.7. The van der Waals surface area contributed by atoms with Gasteiger partial charge in [-0.2, -0.15) is 0 Å². The molecule has 0 aliphatic rings. The minimum absolute atomic E-state index is 0.00701. The molecule has 0 aliphatic heterocycles. The van der Waals surface area contributed by atoms with Crippen molar-refractivity contribution in [3.05, 3.63) is 29.8 Å². The van der Waals surface area contributed by atoms with Gasteiger partial charge in [-0.05, 0) is 23.6 Å². The molecular weight excluding hydrogens is 287 g/mol. The molecule has 0 saturated heterocycles. The summed E-state index contributed by atoms with van der Waals surface area (Å²) in [5.41, 5.74) is 0.751. The van der Waals surface area contributed by atoms with E-state index in [4.69, 9.17) is 5.11 Å². The SMILES string of the molecule is CC(C)C(CC(=O)O)NCc1ccc(OC(F)(F)F)cc1. The molecule has 1 unspecified atom stereocenters. The first-order chi connectivity index (χ1) is 9.67. The van der Waals surface area contributed by atoms with Gasteiger partial charge in [0.05, 0.1) is 6.42 Å². The van der Waals surface area contributed by atoms with Crippen LogP contribution in [-0.2, 0) is 11.3 Å². The molecule has 0 saturated carbocycles. The summed E-state index contributed by atoms with van der Waals surface area (Å²) in [7, 11) is 0. The Hall–Kier alpha value is -1.76. The highest BCUT2D eigenvalue weighted by Gasteiger charge is 2.30. The number of benzene rings is 1. The molecule has 0 bridgehead atoms. The quantitative estimate of drug-likeness (QED) is 0.812. The van der Waals surface area contributed by atoms with Crippen molar-refractivity contribution < 1.29 is 27.8 Å². The molecule has 1 aromatic rings. The predicted molar refractivity (Wildman–Crippen MR) is 70.8 cm³/mol. The lowest BCUT2D eigenvalue weighted by atomic mass is 10.0. The Balaban J connectivity index is 2.57. The van der Waals surface area contributed by atoms with Crippen LogP contribution in [0.15, 0.2) is 24.3 Å². The van der Waals surface area contributed by atoms with E-state index in [9.17, 15) is 18.0 Å². The fraction of sp³-hybridized carbons (Fsp3) is 0.500. The van der Waals surface area contributed by atoms with Gasteiger partial charge in [-0.3, -0.25) is 4.79 Å². The fourth-order valence-corrected chi connectivity index (χ4v) is 1.79. The van der Waals surface area contributed by atoms with Crippen molar-refractivity contribution in [3.63, 3.8) is 0 Å². The summed E-state index contributed by atoms with van der Waals surface area (Å²) < 4.78 is 39.8. The van der Waals surface area contributed by atoms with E-state index >= 15 is 0 Å². The minimum atomic E-state index is -4.70. The molecule has 118 valence electrons. The molecule has 0 amide bonds. The Labute approximate surface area is 120 Å². The van der Waals surface area contributed by atoms with Gasteiger partial charge in [0.1, 0.15) is 5.75 Å². The van der Waals surface area contributed by atoms with E-state index in [1.165, 1.54) is 24.3 Å². The molecule has 0 aliphatic carbocycles. The van der Waals surface area contributed by atoms with E-state index in [1.807, 2.05) is 13.8 Å². The van der Waals surface area contributed by atoms with Crippen LogP contribution in [-0.4, -0.2) is 23.5 Å². The van der Waals surface area contributed by atoms with Crippen LogP contribution in [0.25, 0.3) is 0 Å². The highest BCUT2D eigenvalue weighted by molar-refractivity contribution is 5.67. The molecular formula is C14H18F3NO3. The monoisotopic (exact) mass is 305 g/mol. The lowest BCUT2D eigenvalue weighted by molar-refractivity contribution is -0.274. The van der Waals surface area contributed by atoms with E-state index in [0.29, 0.717) is 6.54 Å². The van der Waals surface area contributed by atoms with Gasteiger partial charge in [0.15, 0.2) is 0 Å². The third-order valence-corrected chi connectivity index (χ3v) is 2.92. The first kappa shape index (κ1) is 17.3. The highest BCUT2D eigenvalue weighted by atomic mass is 19.4. The van der Waals surface area contributed by atoms with Crippen LogP contribution in [0.2, 0.25) is 0 Å². The van der Waals surface area contributed by atoms with E-state index < -0.39 is 12.3 Å². The molecule has 21 heavy (non-hydrogen) atoms. The topological polar surface area (TPSA) is 58.6 Å². The first-order valence-corrected chi connectivity index (χ1v) is 6.47. The molecule has 1 atom stereocenters. The maximum Gasteiger partial charge on any atom is 0.573 e. The van der Waals surface area contributed by atoms with Crippen molar-refractivity contribution in [2.45, 2.75) is 39.2 Å². The fourth-order valence-electron chi connectivity index (χ4n) is 1.79. The maximum atomic E-state index is 12.0. The van der Waals surface area contributed by atoms with Crippen LogP contribution in [0, 0.1) is 5.92 Å². The average molecular weight is 305 g/mol. The lowest BCUT2D eigenvalue weighted by Crippen LogP contribution is -2.35. The first-order valence-electron chi connectivity index (χ1n) is 6.47. The largest absolute Gasteiger partial charge is 0.573 e. The summed E-state index contributed by atoms with van der Waals surface area (Å²) in [5.74, 6) is -1.04. The van der Waals surface area contributed by atoms with Gasteiger partial charge >= 0.3 is 12.3 Å². The Bertz CT molecular complexity index is 458. The summed E-state index contributed by atoms with van der Waals surface area (Å²) >= 11 is 0. The van der Waals surface area contributed by atoms with Crippen LogP contribution in [0.3, 0.4) is 0 Å². The Morgan fingerprint density at radius 1 is 1.29 bits per heavy atom. The number of halogens is 3. The normalized spacial score (nSPS) is 13.2. The molecule has 2 N–H and O–H groups in total. The lowest BCUT2D eigenvalue weighted by Gasteiger charge is -2.20. The number of ether oxygens (including phenoxy) is 1. The smallest absolute Gasteiger partial charge is 0.481 e. The van der Waals surface area contributed by atoms with Gasteiger partial charge in [-0.1, -0.05) is 26.0 Å². The van der Waals surface area contributed by atoms with Gasteiger partial charge in [-0.15, -0.1) is 13.2 Å². The van der Waals surface area contributed by atoms with Gasteiger partial charge in [0.25, 0.3) is 0 Å². The van der Waals surface area contributed by atoms with Crippen molar-refractivity contribution in [1.82, 2.24) is 5.32 Å². The van der Waals surface area contributed by atoms with E-state index in [-0.39, 0.29) is 24.1 Å². The van der Waals surface area contributed by atoms with Crippen molar-refractivity contribution in [1.29, 1.82) is 0 Å². The third-order valence-electron chi connectivity index (χ3n) is 2.92. The van der Waals surface area contributed by atoms with Crippen LogP contribution in [0.1, 0.15) is 25.8 Å². The summed E-state index contributed by atoms with van der Waals surface area (Å²) in [6, 6.07) is 5.27. The molecule has 0 aromatic heterocycles. The number of alkyl halides is 3. The molecule has 7 heteroatoms. The van der Waals surface area contributed by atoms with E-state index in [0.717, 1.165) is 5.56 Å². The van der Waals surface area contributed by atoms with Gasteiger partial charge in [0, 0.05) is 12.6 Å². The molecule has 4 nitrogen and oxygen atoms in total. The zero-order chi connectivity index (χ0) is 16.0. The van der Waals surface area contributed by atoms with Crippen molar-refractivity contribution in [3.8, 4) is 5.75 Å². The van der Waals surface area contributed by atoms with E-state index in [1.54, 1.807) is 0 Å². The average Bonchev–Trinajstić information content (AvgIpc) is 2.33. The highest BCUT2D eigenvalue weighted by Crippen LogP contribution is 2.22. The zero-order valence-electron chi connectivity index (χ0n) is 11.8. The second-order valence-electron chi connectivity index (χ2n) is 5.02. The van der Waals surface area contributed by atoms with Gasteiger partial charge in [0.2, 0.25) is 0 Å². The standard InChI is InChI=1S/C14H18F3NO3/c1-9(2)12(7-13(19)20)18-8-10-3-5-11(6-4-10)21-14(15,16)17/h3-6,9,12,18H,7-8H2,1-2H3,(H,19,20). The Morgan fingerprint density at radius 2 is 1.86 bits per heavy atom. The number of carboxylic acids is 1. The van der Waals surface area contributed by atoms with Gasteiger partial charge in [-0.25, -0.2) is 0 Å². The number of hydrogen-bond donors (Lipinski definition) is 2. The van der Waals surface area contributed by atoms with Crippen molar-refractivity contribution >= 4 is 5.97 Å². The molecule has 1 aromatic carbocycles. The second kappa shape index (κ2) is 7.31. The maximum absolute atomic E-state index is 12.0. The number of carbonyl (C=O) groups is 1. The molecule has 0 heterocycles. The van der Waals surface area contributed by atoms with Crippen LogP contribution in [0.4, 0.5) is 13.2 Å². The minimum Gasteiger partial charge on any atom is -0.481 e. The molecule has 1 rings (SSSR count). The molecule has 0 spiro atoms. The number of carboxylic acid groups (broad SMARTS) is 1. The summed E-state index contributed by atoms with van der Waals surface area (Å²) in [6.45, 7) is 4.18.